The van der Waals surface area contributed by atoms with Crippen molar-refractivity contribution in [2.24, 2.45) is 5.73 Å². The quantitative estimate of drug-likeness (QED) is 0.874. The first-order valence-corrected chi connectivity index (χ1v) is 6.96. The highest BCUT2D eigenvalue weighted by atomic mass is 35.5. The molecule has 0 spiro atoms. The Labute approximate surface area is 123 Å². The number of rotatable bonds is 3. The normalized spacial score (nSPS) is 19.8. The zero-order valence-electron chi connectivity index (χ0n) is 11.3. The van der Waals surface area contributed by atoms with Crippen molar-refractivity contribution in [3.05, 3.63) is 34.9 Å². The van der Waals surface area contributed by atoms with Crippen molar-refractivity contribution in [2.75, 3.05) is 13.1 Å². The maximum Gasteiger partial charge on any atom is 0.251 e. The Morgan fingerprint density at radius 3 is 2.60 bits per heavy atom. The number of amides is 2. The number of likely N-dealkylation sites (tertiary alicyclic amines) is 1. The van der Waals surface area contributed by atoms with Crippen LogP contribution in [0.5, 0.6) is 0 Å². The van der Waals surface area contributed by atoms with Gasteiger partial charge in [0.25, 0.3) is 5.91 Å². The lowest BCUT2D eigenvalue weighted by Gasteiger charge is -2.21. The lowest BCUT2D eigenvalue weighted by molar-refractivity contribution is -0.131. The minimum atomic E-state index is -0.566. The van der Waals surface area contributed by atoms with E-state index in [9.17, 15) is 9.59 Å². The number of carbonyl (C=O) groups excluding carboxylic acids is 2. The predicted molar refractivity (Wildman–Crippen MR) is 77.6 cm³/mol. The Balaban J connectivity index is 1.93. The van der Waals surface area contributed by atoms with Crippen LogP contribution in [0.2, 0.25) is 5.02 Å². The van der Waals surface area contributed by atoms with Crippen LogP contribution in [0.25, 0.3) is 0 Å². The molecular formula is C14H18ClN3O2. The first kappa shape index (κ1) is 14.8. The van der Waals surface area contributed by atoms with Crippen LogP contribution in [0.3, 0.4) is 0 Å². The van der Waals surface area contributed by atoms with Gasteiger partial charge < -0.3 is 16.0 Å². The number of nitrogens with zero attached hydrogens (tertiary/aromatic N) is 1. The summed E-state index contributed by atoms with van der Waals surface area (Å²) in [6.45, 7) is 2.89. The molecule has 1 heterocycles. The van der Waals surface area contributed by atoms with Crippen molar-refractivity contribution >= 4 is 23.4 Å². The third-order valence-corrected chi connectivity index (χ3v) is 3.61. The Kier molecular flexibility index (Phi) is 4.62. The zero-order valence-corrected chi connectivity index (χ0v) is 12.1. The largest absolute Gasteiger partial charge is 0.341 e. The lowest BCUT2D eigenvalue weighted by Crippen LogP contribution is -2.46. The van der Waals surface area contributed by atoms with Crippen LogP contribution >= 0.6 is 11.6 Å². The average molecular weight is 296 g/mol. The molecule has 2 amide bonds. The Hall–Kier alpha value is -1.59. The van der Waals surface area contributed by atoms with Crippen molar-refractivity contribution in [2.45, 2.75) is 25.4 Å². The molecule has 1 aromatic carbocycles. The number of carbonyl (C=O) groups is 2. The van der Waals surface area contributed by atoms with E-state index in [0.717, 1.165) is 6.42 Å². The van der Waals surface area contributed by atoms with Crippen LogP contribution < -0.4 is 11.1 Å². The fraction of sp³-hybridized carbons (Fsp3) is 0.429. The number of nitrogens with two attached hydrogens (primary N) is 1. The summed E-state index contributed by atoms with van der Waals surface area (Å²) in [5, 5.41) is 3.26. The fourth-order valence-electron chi connectivity index (χ4n) is 2.20. The molecular weight excluding hydrogens is 278 g/mol. The molecule has 108 valence electrons. The summed E-state index contributed by atoms with van der Waals surface area (Å²) in [5.41, 5.74) is 6.25. The van der Waals surface area contributed by atoms with Crippen molar-refractivity contribution in [1.29, 1.82) is 0 Å². The topological polar surface area (TPSA) is 75.4 Å². The summed E-state index contributed by atoms with van der Waals surface area (Å²) in [6.07, 6.45) is 0.809. The highest BCUT2D eigenvalue weighted by molar-refractivity contribution is 6.30. The van der Waals surface area contributed by atoms with Gasteiger partial charge in [0.15, 0.2) is 0 Å². The minimum Gasteiger partial charge on any atom is -0.341 e. The van der Waals surface area contributed by atoms with E-state index in [0.29, 0.717) is 23.7 Å². The second-order valence-corrected chi connectivity index (χ2v) is 5.47. The van der Waals surface area contributed by atoms with E-state index in [4.69, 9.17) is 17.3 Å². The van der Waals surface area contributed by atoms with Crippen LogP contribution in [0.1, 0.15) is 23.7 Å². The van der Waals surface area contributed by atoms with Crippen LogP contribution in [0.4, 0.5) is 0 Å². The number of hydrogen-bond donors (Lipinski definition) is 2. The molecule has 1 aromatic rings. The number of halogens is 1. The lowest BCUT2D eigenvalue weighted by atomic mass is 10.2. The van der Waals surface area contributed by atoms with E-state index in [1.165, 1.54) is 0 Å². The first-order chi connectivity index (χ1) is 9.47. The predicted octanol–water partition coefficient (Wildman–Crippen LogP) is 1.02. The molecule has 5 nitrogen and oxygen atoms in total. The molecule has 1 saturated heterocycles. The smallest absolute Gasteiger partial charge is 0.251 e. The summed E-state index contributed by atoms with van der Waals surface area (Å²) in [6, 6.07) is 6.01. The van der Waals surface area contributed by atoms with Crippen molar-refractivity contribution in [3.8, 4) is 0 Å². The molecule has 0 bridgehead atoms. The van der Waals surface area contributed by atoms with E-state index >= 15 is 0 Å². The van der Waals surface area contributed by atoms with E-state index < -0.39 is 6.04 Å². The van der Waals surface area contributed by atoms with Crippen molar-refractivity contribution in [1.82, 2.24) is 10.2 Å². The molecule has 6 heteroatoms. The average Bonchev–Trinajstić information content (AvgIpc) is 2.85. The van der Waals surface area contributed by atoms with E-state index in [2.05, 4.69) is 5.32 Å². The zero-order chi connectivity index (χ0) is 14.7. The highest BCUT2D eigenvalue weighted by Gasteiger charge is 2.27. The van der Waals surface area contributed by atoms with Crippen LogP contribution in [0.15, 0.2) is 24.3 Å². The van der Waals surface area contributed by atoms with Gasteiger partial charge in [-0.2, -0.15) is 0 Å². The third-order valence-electron chi connectivity index (χ3n) is 3.36. The molecule has 0 aromatic heterocycles. The molecule has 1 aliphatic rings. The van der Waals surface area contributed by atoms with Gasteiger partial charge in [-0.1, -0.05) is 11.6 Å². The van der Waals surface area contributed by atoms with Gasteiger partial charge in [0.05, 0.1) is 0 Å². The van der Waals surface area contributed by atoms with Gasteiger partial charge in [-0.3, -0.25) is 9.59 Å². The molecule has 0 aliphatic carbocycles. The van der Waals surface area contributed by atoms with E-state index in [-0.39, 0.29) is 17.9 Å². The number of nitrogens with one attached hydrogen (secondary N) is 1. The Bertz CT molecular complexity index is 504. The summed E-state index contributed by atoms with van der Waals surface area (Å²) in [5.74, 6) is -0.383. The monoisotopic (exact) mass is 295 g/mol. The van der Waals surface area contributed by atoms with Crippen LogP contribution in [-0.4, -0.2) is 41.9 Å². The standard InChI is InChI=1S/C14H18ClN3O2/c1-9(14(20)18-7-6-12(16)8-18)17-13(19)10-2-4-11(15)5-3-10/h2-5,9,12H,6-8,16H2,1H3,(H,17,19)/t9?,12-/m1/s1. The van der Waals surface area contributed by atoms with Crippen molar-refractivity contribution < 1.29 is 9.59 Å². The highest BCUT2D eigenvalue weighted by Crippen LogP contribution is 2.11. The molecule has 3 N–H and O–H groups in total. The Morgan fingerprint density at radius 1 is 1.40 bits per heavy atom. The van der Waals surface area contributed by atoms with Gasteiger partial charge in [0.1, 0.15) is 6.04 Å². The van der Waals surface area contributed by atoms with Gasteiger partial charge in [-0.05, 0) is 37.6 Å². The van der Waals surface area contributed by atoms with E-state index in [1.807, 2.05) is 0 Å². The molecule has 20 heavy (non-hydrogen) atoms. The van der Waals surface area contributed by atoms with Crippen molar-refractivity contribution in [3.63, 3.8) is 0 Å². The second kappa shape index (κ2) is 6.24. The molecule has 2 atom stereocenters. The number of benzene rings is 1. The first-order valence-electron chi connectivity index (χ1n) is 6.58. The van der Waals surface area contributed by atoms with Gasteiger partial charge in [-0.15, -0.1) is 0 Å². The maximum atomic E-state index is 12.1. The summed E-state index contributed by atoms with van der Waals surface area (Å²) in [4.78, 5) is 25.8. The molecule has 2 rings (SSSR count). The molecule has 0 radical (unpaired) electrons. The molecule has 1 unspecified atom stereocenters. The van der Waals surface area contributed by atoms with Crippen LogP contribution in [-0.2, 0) is 4.79 Å². The van der Waals surface area contributed by atoms with Gasteiger partial charge >= 0.3 is 0 Å². The van der Waals surface area contributed by atoms with Gasteiger partial charge in [-0.25, -0.2) is 0 Å². The van der Waals surface area contributed by atoms with E-state index in [1.54, 1.807) is 36.1 Å². The number of hydrogen-bond acceptors (Lipinski definition) is 3. The Morgan fingerprint density at radius 2 is 2.05 bits per heavy atom. The molecule has 0 saturated carbocycles. The molecule has 1 aliphatic heterocycles. The SMILES string of the molecule is CC(NC(=O)c1ccc(Cl)cc1)C(=O)N1CC[C@@H](N)C1. The maximum absolute atomic E-state index is 12.1. The summed E-state index contributed by atoms with van der Waals surface area (Å²) in [7, 11) is 0. The van der Waals surface area contributed by atoms with Gasteiger partial charge in [0, 0.05) is 29.7 Å². The second-order valence-electron chi connectivity index (χ2n) is 5.04. The minimum absolute atomic E-state index is 0.0399. The summed E-state index contributed by atoms with van der Waals surface area (Å²) >= 11 is 5.77. The third kappa shape index (κ3) is 3.49. The molecule has 1 fully saturated rings. The fourth-order valence-corrected chi connectivity index (χ4v) is 2.33. The van der Waals surface area contributed by atoms with Gasteiger partial charge in [0.2, 0.25) is 5.91 Å². The van der Waals surface area contributed by atoms with Crippen LogP contribution in [0, 0.1) is 0 Å². The summed E-state index contributed by atoms with van der Waals surface area (Å²) < 4.78 is 0.